The Bertz CT molecular complexity index is 335. The van der Waals surface area contributed by atoms with Crippen molar-refractivity contribution in [2.45, 2.75) is 32.2 Å². The molecule has 0 aliphatic carbocycles. The molecule has 1 aromatic rings. The molecular weight excluding hydrogens is 214 g/mol. The maximum atomic E-state index is 4.26. The van der Waals surface area contributed by atoms with E-state index in [4.69, 9.17) is 0 Å². The van der Waals surface area contributed by atoms with Gasteiger partial charge in [0, 0.05) is 18.7 Å². The largest absolute Gasteiger partial charge is 0.370 e. The zero-order valence-electron chi connectivity index (χ0n) is 10.4. The normalized spacial score (nSPS) is 16.8. The number of aromatic nitrogens is 2. The molecule has 0 radical (unpaired) electrons. The summed E-state index contributed by atoms with van der Waals surface area (Å²) in [5.41, 5.74) is 0. The quantitative estimate of drug-likeness (QED) is 0.721. The van der Waals surface area contributed by atoms with Crippen molar-refractivity contribution in [3.8, 4) is 0 Å². The summed E-state index contributed by atoms with van der Waals surface area (Å²) in [7, 11) is 0. The number of anilines is 2. The van der Waals surface area contributed by atoms with E-state index >= 15 is 0 Å². The molecule has 94 valence electrons. The summed E-state index contributed by atoms with van der Waals surface area (Å²) in [6.07, 6.45) is 5.02. The fourth-order valence-electron chi connectivity index (χ4n) is 1.96. The molecule has 0 aromatic carbocycles. The van der Waals surface area contributed by atoms with E-state index in [-0.39, 0.29) is 0 Å². The molecule has 0 unspecified atom stereocenters. The van der Waals surface area contributed by atoms with Gasteiger partial charge in [-0.15, -0.1) is 0 Å². The summed E-state index contributed by atoms with van der Waals surface area (Å²) in [5, 5.41) is 10.1. The molecule has 17 heavy (non-hydrogen) atoms. The van der Waals surface area contributed by atoms with Gasteiger partial charge in [0.2, 0.25) is 0 Å². The monoisotopic (exact) mass is 235 g/mol. The highest BCUT2D eigenvalue weighted by Crippen LogP contribution is 2.13. The van der Waals surface area contributed by atoms with E-state index in [1.54, 1.807) is 6.33 Å². The van der Waals surface area contributed by atoms with Gasteiger partial charge in [-0.25, -0.2) is 9.97 Å². The van der Waals surface area contributed by atoms with Gasteiger partial charge in [-0.05, 0) is 32.4 Å². The van der Waals surface area contributed by atoms with Crippen LogP contribution in [0.3, 0.4) is 0 Å². The summed E-state index contributed by atoms with van der Waals surface area (Å²) in [6, 6.07) is 2.52. The lowest BCUT2D eigenvalue weighted by Crippen LogP contribution is -2.35. The van der Waals surface area contributed by atoms with Crippen molar-refractivity contribution in [3.63, 3.8) is 0 Å². The van der Waals surface area contributed by atoms with Crippen LogP contribution in [0.25, 0.3) is 0 Å². The van der Waals surface area contributed by atoms with Gasteiger partial charge in [0.25, 0.3) is 0 Å². The second kappa shape index (κ2) is 6.39. The lowest BCUT2D eigenvalue weighted by Gasteiger charge is -2.24. The number of hydrogen-bond donors (Lipinski definition) is 3. The van der Waals surface area contributed by atoms with Crippen LogP contribution < -0.4 is 16.0 Å². The van der Waals surface area contributed by atoms with E-state index in [9.17, 15) is 0 Å². The van der Waals surface area contributed by atoms with Gasteiger partial charge in [-0.1, -0.05) is 6.92 Å². The standard InChI is InChI=1S/C12H21N5/c1-2-5-14-11-8-12(16-9-15-11)17-10-3-6-13-7-4-10/h8-10,13H,2-7H2,1H3,(H2,14,15,16,17). The Morgan fingerprint density at radius 3 is 2.82 bits per heavy atom. The fraction of sp³-hybridized carbons (Fsp3) is 0.667. The smallest absolute Gasteiger partial charge is 0.131 e. The SMILES string of the molecule is CCCNc1cc(NC2CCNCC2)ncn1. The fourth-order valence-corrected chi connectivity index (χ4v) is 1.96. The summed E-state index contributed by atoms with van der Waals surface area (Å²) in [6.45, 7) is 5.26. The molecule has 0 amide bonds. The molecule has 1 saturated heterocycles. The Labute approximate surface area is 102 Å². The molecule has 5 heteroatoms. The molecule has 0 atom stereocenters. The Hall–Kier alpha value is -1.36. The van der Waals surface area contributed by atoms with Crippen molar-refractivity contribution in [2.75, 3.05) is 30.3 Å². The zero-order valence-corrected chi connectivity index (χ0v) is 10.4. The number of nitrogens with one attached hydrogen (secondary N) is 3. The minimum atomic E-state index is 0.533. The predicted octanol–water partition coefficient (Wildman–Crippen LogP) is 1.46. The van der Waals surface area contributed by atoms with Crippen LogP contribution in [0.2, 0.25) is 0 Å². The molecule has 1 aliphatic rings. The van der Waals surface area contributed by atoms with Crippen LogP contribution in [0, 0.1) is 0 Å². The minimum absolute atomic E-state index is 0.533. The minimum Gasteiger partial charge on any atom is -0.370 e. The third kappa shape index (κ3) is 3.85. The average Bonchev–Trinajstić information content (AvgIpc) is 2.38. The number of hydrogen-bond acceptors (Lipinski definition) is 5. The van der Waals surface area contributed by atoms with E-state index in [0.29, 0.717) is 6.04 Å². The number of piperidine rings is 1. The molecule has 0 spiro atoms. The molecule has 0 bridgehead atoms. The second-order valence-electron chi connectivity index (χ2n) is 4.38. The van der Waals surface area contributed by atoms with Gasteiger partial charge in [-0.3, -0.25) is 0 Å². The van der Waals surface area contributed by atoms with Crippen LogP contribution >= 0.6 is 0 Å². The van der Waals surface area contributed by atoms with Crippen LogP contribution in [0.1, 0.15) is 26.2 Å². The van der Waals surface area contributed by atoms with Crippen LogP contribution in [0.15, 0.2) is 12.4 Å². The van der Waals surface area contributed by atoms with Gasteiger partial charge in [-0.2, -0.15) is 0 Å². The van der Waals surface area contributed by atoms with Gasteiger partial charge in [0.05, 0.1) is 0 Å². The topological polar surface area (TPSA) is 61.9 Å². The third-order valence-electron chi connectivity index (χ3n) is 2.91. The van der Waals surface area contributed by atoms with E-state index < -0.39 is 0 Å². The number of rotatable bonds is 5. The average molecular weight is 235 g/mol. The first-order chi connectivity index (χ1) is 8.38. The Morgan fingerprint density at radius 1 is 1.29 bits per heavy atom. The maximum absolute atomic E-state index is 4.26. The van der Waals surface area contributed by atoms with Crippen molar-refractivity contribution in [3.05, 3.63) is 12.4 Å². The van der Waals surface area contributed by atoms with Gasteiger partial charge < -0.3 is 16.0 Å². The van der Waals surface area contributed by atoms with Crippen LogP contribution in [-0.4, -0.2) is 35.6 Å². The highest BCUT2D eigenvalue weighted by molar-refractivity contribution is 5.46. The molecule has 1 aliphatic heterocycles. The molecule has 2 heterocycles. The van der Waals surface area contributed by atoms with Crippen molar-refractivity contribution < 1.29 is 0 Å². The second-order valence-corrected chi connectivity index (χ2v) is 4.38. The van der Waals surface area contributed by atoms with Crippen molar-refractivity contribution in [2.24, 2.45) is 0 Å². The molecule has 3 N–H and O–H groups in total. The Kier molecular flexibility index (Phi) is 4.55. The molecule has 1 aromatic heterocycles. The van der Waals surface area contributed by atoms with Crippen molar-refractivity contribution >= 4 is 11.6 Å². The van der Waals surface area contributed by atoms with E-state index in [1.165, 1.54) is 0 Å². The van der Waals surface area contributed by atoms with E-state index in [0.717, 1.165) is 50.5 Å². The maximum Gasteiger partial charge on any atom is 0.131 e. The summed E-state index contributed by atoms with van der Waals surface area (Å²) < 4.78 is 0. The number of nitrogens with zero attached hydrogens (tertiary/aromatic N) is 2. The van der Waals surface area contributed by atoms with Crippen molar-refractivity contribution in [1.29, 1.82) is 0 Å². The molecule has 5 nitrogen and oxygen atoms in total. The molecule has 1 fully saturated rings. The van der Waals surface area contributed by atoms with E-state index in [1.807, 2.05) is 6.07 Å². The zero-order chi connectivity index (χ0) is 11.9. The lowest BCUT2D eigenvalue weighted by atomic mass is 10.1. The van der Waals surface area contributed by atoms with Crippen LogP contribution in [-0.2, 0) is 0 Å². The summed E-state index contributed by atoms with van der Waals surface area (Å²) in [4.78, 5) is 8.45. The predicted molar refractivity (Wildman–Crippen MR) is 70.3 cm³/mol. The Morgan fingerprint density at radius 2 is 2.06 bits per heavy atom. The molecule has 0 saturated carbocycles. The van der Waals surface area contributed by atoms with Crippen LogP contribution in [0.4, 0.5) is 11.6 Å². The summed E-state index contributed by atoms with van der Waals surface area (Å²) in [5.74, 6) is 1.82. The van der Waals surface area contributed by atoms with Gasteiger partial charge in [0.15, 0.2) is 0 Å². The first-order valence-electron chi connectivity index (χ1n) is 6.41. The third-order valence-corrected chi connectivity index (χ3v) is 2.91. The highest BCUT2D eigenvalue weighted by atomic mass is 15.1. The first kappa shape index (κ1) is 12.1. The summed E-state index contributed by atoms with van der Waals surface area (Å²) >= 11 is 0. The first-order valence-corrected chi connectivity index (χ1v) is 6.41. The lowest BCUT2D eigenvalue weighted by molar-refractivity contribution is 0.478. The van der Waals surface area contributed by atoms with Gasteiger partial charge >= 0.3 is 0 Å². The van der Waals surface area contributed by atoms with Gasteiger partial charge in [0.1, 0.15) is 18.0 Å². The van der Waals surface area contributed by atoms with Crippen molar-refractivity contribution in [1.82, 2.24) is 15.3 Å². The Balaban J connectivity index is 1.90. The highest BCUT2D eigenvalue weighted by Gasteiger charge is 2.12. The van der Waals surface area contributed by atoms with E-state index in [2.05, 4.69) is 32.8 Å². The van der Waals surface area contributed by atoms with Crippen LogP contribution in [0.5, 0.6) is 0 Å². The molecule has 2 rings (SSSR count). The molecular formula is C12H21N5.